The van der Waals surface area contributed by atoms with Crippen LogP contribution in [0.1, 0.15) is 5.56 Å². The van der Waals surface area contributed by atoms with Crippen molar-refractivity contribution in [1.82, 2.24) is 4.98 Å². The molecule has 1 heterocycles. The summed E-state index contributed by atoms with van der Waals surface area (Å²) in [5.41, 5.74) is 0.551. The summed E-state index contributed by atoms with van der Waals surface area (Å²) >= 11 is 3.26. The fourth-order valence-electron chi connectivity index (χ4n) is 1.23. The van der Waals surface area contributed by atoms with Gasteiger partial charge in [-0.05, 0) is 40.5 Å². The molecule has 0 spiro atoms. The van der Waals surface area contributed by atoms with Crippen LogP contribution in [0.5, 0.6) is 11.6 Å². The third-order valence-electron chi connectivity index (χ3n) is 2.07. The highest BCUT2D eigenvalue weighted by atomic mass is 79.9. The third-order valence-corrected chi connectivity index (χ3v) is 2.54. The quantitative estimate of drug-likeness (QED) is 0.827. The highest BCUT2D eigenvalue weighted by Crippen LogP contribution is 2.25. The second-order valence-corrected chi connectivity index (χ2v) is 4.22. The highest BCUT2D eigenvalue weighted by Gasteiger charge is 2.07. The summed E-state index contributed by atoms with van der Waals surface area (Å²) in [6.07, 6.45) is 1.60. The van der Waals surface area contributed by atoms with Gasteiger partial charge in [0.05, 0.1) is 0 Å². The number of benzene rings is 1. The van der Waals surface area contributed by atoms with E-state index in [1.807, 2.05) is 0 Å². The summed E-state index contributed by atoms with van der Waals surface area (Å²) in [4.78, 5) is 4.01. The van der Waals surface area contributed by atoms with Crippen molar-refractivity contribution in [2.45, 2.75) is 6.92 Å². The van der Waals surface area contributed by atoms with Gasteiger partial charge >= 0.3 is 0 Å². The van der Waals surface area contributed by atoms with Crippen molar-refractivity contribution in [2.24, 2.45) is 0 Å². The maximum absolute atomic E-state index is 13.6. The van der Waals surface area contributed by atoms with Gasteiger partial charge in [0.1, 0.15) is 0 Å². The molecule has 1 aromatic carbocycles. The summed E-state index contributed by atoms with van der Waals surface area (Å²) in [5, 5.41) is 0. The lowest BCUT2D eigenvalue weighted by Crippen LogP contribution is -1.92. The van der Waals surface area contributed by atoms with E-state index < -0.39 is 0 Å². The van der Waals surface area contributed by atoms with Crippen LogP contribution in [-0.2, 0) is 0 Å². The topological polar surface area (TPSA) is 22.1 Å². The summed E-state index contributed by atoms with van der Waals surface area (Å²) in [5.74, 6) is 0.203. The number of nitrogens with zero attached hydrogens (tertiary/aromatic N) is 1. The first kappa shape index (κ1) is 11.1. The summed E-state index contributed by atoms with van der Waals surface area (Å²) in [7, 11) is 0. The Labute approximate surface area is 101 Å². The molecular formula is C12H9BrFNO. The number of aryl methyl sites for hydroxylation is 1. The van der Waals surface area contributed by atoms with Crippen molar-refractivity contribution in [2.75, 3.05) is 0 Å². The molecule has 82 valence electrons. The van der Waals surface area contributed by atoms with E-state index in [2.05, 4.69) is 20.9 Å². The van der Waals surface area contributed by atoms with Crippen LogP contribution in [-0.4, -0.2) is 4.98 Å². The number of aromatic nitrogens is 1. The van der Waals surface area contributed by atoms with Crippen molar-refractivity contribution >= 4 is 15.9 Å². The Hall–Kier alpha value is -1.42. The first-order valence-corrected chi connectivity index (χ1v) is 5.50. The summed E-state index contributed by atoms with van der Waals surface area (Å²) in [6, 6.07) is 8.47. The Morgan fingerprint density at radius 1 is 1.25 bits per heavy atom. The molecular weight excluding hydrogens is 273 g/mol. The van der Waals surface area contributed by atoms with Gasteiger partial charge in [0, 0.05) is 16.7 Å². The van der Waals surface area contributed by atoms with Crippen LogP contribution in [0.4, 0.5) is 4.39 Å². The molecule has 0 aliphatic rings. The number of rotatable bonds is 2. The molecule has 0 fully saturated rings. The highest BCUT2D eigenvalue weighted by molar-refractivity contribution is 9.10. The maximum Gasteiger partial charge on any atom is 0.219 e. The first-order chi connectivity index (χ1) is 7.66. The molecule has 0 saturated heterocycles. The molecule has 0 aliphatic carbocycles. The van der Waals surface area contributed by atoms with Crippen molar-refractivity contribution in [3.63, 3.8) is 0 Å². The van der Waals surface area contributed by atoms with Crippen LogP contribution in [0.25, 0.3) is 0 Å². The molecule has 0 aliphatic heterocycles. The van der Waals surface area contributed by atoms with E-state index in [-0.39, 0.29) is 11.6 Å². The van der Waals surface area contributed by atoms with Crippen LogP contribution >= 0.6 is 15.9 Å². The van der Waals surface area contributed by atoms with Gasteiger partial charge in [-0.25, -0.2) is 9.37 Å². The Morgan fingerprint density at radius 2 is 2.06 bits per heavy atom. The van der Waals surface area contributed by atoms with Crippen molar-refractivity contribution in [3.8, 4) is 11.6 Å². The molecule has 0 N–H and O–H groups in total. The Kier molecular flexibility index (Phi) is 3.19. The van der Waals surface area contributed by atoms with Gasteiger partial charge in [0.2, 0.25) is 5.88 Å². The largest absolute Gasteiger partial charge is 0.436 e. The lowest BCUT2D eigenvalue weighted by molar-refractivity contribution is 0.425. The second-order valence-electron chi connectivity index (χ2n) is 3.30. The monoisotopic (exact) mass is 281 g/mol. The van der Waals surface area contributed by atoms with Crippen LogP contribution < -0.4 is 4.74 Å². The zero-order chi connectivity index (χ0) is 11.5. The summed E-state index contributed by atoms with van der Waals surface area (Å²) < 4.78 is 19.8. The predicted octanol–water partition coefficient (Wildman–Crippen LogP) is 4.08. The molecule has 2 rings (SSSR count). The van der Waals surface area contributed by atoms with Gasteiger partial charge < -0.3 is 4.74 Å². The second kappa shape index (κ2) is 4.61. The molecule has 0 saturated carbocycles. The molecule has 0 bridgehead atoms. The van der Waals surface area contributed by atoms with E-state index in [1.54, 1.807) is 43.5 Å². The lowest BCUT2D eigenvalue weighted by atomic mass is 10.2. The van der Waals surface area contributed by atoms with Crippen LogP contribution in [0.2, 0.25) is 0 Å². The lowest BCUT2D eigenvalue weighted by Gasteiger charge is -2.06. The van der Waals surface area contributed by atoms with Gasteiger partial charge in [0.15, 0.2) is 11.6 Å². The molecule has 0 unspecified atom stereocenters. The van der Waals surface area contributed by atoms with Gasteiger partial charge in [-0.1, -0.05) is 12.1 Å². The average Bonchev–Trinajstić information content (AvgIpc) is 2.28. The van der Waals surface area contributed by atoms with Gasteiger partial charge in [-0.2, -0.15) is 0 Å². The van der Waals surface area contributed by atoms with E-state index in [9.17, 15) is 4.39 Å². The molecule has 4 heteroatoms. The Morgan fingerprint density at radius 3 is 2.75 bits per heavy atom. The van der Waals surface area contributed by atoms with Gasteiger partial charge in [-0.3, -0.25) is 0 Å². The van der Waals surface area contributed by atoms with E-state index in [0.29, 0.717) is 11.4 Å². The van der Waals surface area contributed by atoms with Crippen LogP contribution in [0.15, 0.2) is 41.0 Å². The molecule has 2 aromatic rings. The smallest absolute Gasteiger partial charge is 0.219 e. The van der Waals surface area contributed by atoms with E-state index in [0.717, 1.165) is 4.47 Å². The normalized spacial score (nSPS) is 10.2. The van der Waals surface area contributed by atoms with Crippen LogP contribution in [0.3, 0.4) is 0 Å². The fourth-order valence-corrected chi connectivity index (χ4v) is 1.47. The Balaban J connectivity index is 2.27. The SMILES string of the molecule is Cc1cccc(Oc2ccc(Br)cn2)c1F. The zero-order valence-corrected chi connectivity index (χ0v) is 10.2. The number of pyridine rings is 1. The molecule has 0 amide bonds. The van der Waals surface area contributed by atoms with Crippen molar-refractivity contribution < 1.29 is 9.13 Å². The predicted molar refractivity (Wildman–Crippen MR) is 63.1 cm³/mol. The van der Waals surface area contributed by atoms with E-state index >= 15 is 0 Å². The van der Waals surface area contributed by atoms with Gasteiger partial charge in [0.25, 0.3) is 0 Å². The minimum Gasteiger partial charge on any atom is -0.436 e. The maximum atomic E-state index is 13.6. The van der Waals surface area contributed by atoms with E-state index in [1.165, 1.54) is 0 Å². The van der Waals surface area contributed by atoms with E-state index in [4.69, 9.17) is 4.74 Å². The molecule has 0 atom stereocenters. The van der Waals surface area contributed by atoms with Crippen molar-refractivity contribution in [1.29, 1.82) is 0 Å². The summed E-state index contributed by atoms with van der Waals surface area (Å²) in [6.45, 7) is 1.69. The zero-order valence-electron chi connectivity index (χ0n) is 8.58. The molecule has 16 heavy (non-hydrogen) atoms. The Bertz CT molecular complexity index is 499. The molecule has 2 nitrogen and oxygen atoms in total. The number of hydrogen-bond acceptors (Lipinski definition) is 2. The van der Waals surface area contributed by atoms with Gasteiger partial charge in [-0.15, -0.1) is 0 Å². The van der Waals surface area contributed by atoms with Crippen LogP contribution in [0, 0.1) is 12.7 Å². The number of hydrogen-bond donors (Lipinski definition) is 0. The average molecular weight is 282 g/mol. The molecule has 0 radical (unpaired) electrons. The van der Waals surface area contributed by atoms with Crippen molar-refractivity contribution in [3.05, 3.63) is 52.4 Å². The number of ether oxygens (including phenoxy) is 1. The minimum atomic E-state index is -0.354. The first-order valence-electron chi connectivity index (χ1n) is 4.71. The minimum absolute atomic E-state index is 0.190. The molecule has 1 aromatic heterocycles. The fraction of sp³-hybridized carbons (Fsp3) is 0.0833. The number of halogens is 2. The standard InChI is InChI=1S/C12H9BrFNO/c1-8-3-2-4-10(12(8)14)16-11-6-5-9(13)7-15-11/h2-7H,1H3. The third kappa shape index (κ3) is 2.39.